The lowest BCUT2D eigenvalue weighted by Crippen LogP contribution is -1.92. The summed E-state index contributed by atoms with van der Waals surface area (Å²) in [4.78, 5) is 4.17. The van der Waals surface area contributed by atoms with Crippen LogP contribution in [0, 0.1) is 6.07 Å². The Bertz CT molecular complexity index is 455. The Balaban J connectivity index is 2.55. The van der Waals surface area contributed by atoms with E-state index in [0.29, 0.717) is 10.7 Å². The van der Waals surface area contributed by atoms with E-state index in [1.54, 1.807) is 12.3 Å². The highest BCUT2D eigenvalue weighted by Crippen LogP contribution is 2.24. The quantitative estimate of drug-likeness (QED) is 0.774. The smallest absolute Gasteiger partial charge is 0.0938 e. The second-order valence-corrected chi connectivity index (χ2v) is 3.30. The normalized spacial score (nSPS) is 10.1. The van der Waals surface area contributed by atoms with E-state index in [9.17, 15) is 0 Å². The molecule has 0 amide bonds. The number of nitrogens with zero attached hydrogens (tertiary/aromatic N) is 1. The Morgan fingerprint density at radius 3 is 2.93 bits per heavy atom. The molecule has 1 aromatic carbocycles. The van der Waals surface area contributed by atoms with Crippen molar-refractivity contribution in [2.24, 2.45) is 0 Å². The lowest BCUT2D eigenvalue weighted by atomic mass is 10.1. The molecule has 0 unspecified atom stereocenters. The SMILES string of the molecule is Nc1[c]ccnc1-c1cccc(Cl)c1. The molecule has 2 aromatic rings. The molecular formula is C11H8ClN2. The first kappa shape index (κ1) is 9.03. The first-order valence-corrected chi connectivity index (χ1v) is 4.53. The van der Waals surface area contributed by atoms with E-state index in [1.165, 1.54) is 0 Å². The maximum absolute atomic E-state index is 5.87. The van der Waals surface area contributed by atoms with Gasteiger partial charge in [0.15, 0.2) is 0 Å². The average Bonchev–Trinajstić information content (AvgIpc) is 2.18. The third kappa shape index (κ3) is 1.70. The van der Waals surface area contributed by atoms with E-state index in [0.717, 1.165) is 11.3 Å². The van der Waals surface area contributed by atoms with E-state index in [4.69, 9.17) is 17.3 Å². The van der Waals surface area contributed by atoms with Crippen LogP contribution in [0.25, 0.3) is 11.3 Å². The average molecular weight is 204 g/mol. The summed E-state index contributed by atoms with van der Waals surface area (Å²) in [5, 5.41) is 0.674. The van der Waals surface area contributed by atoms with Gasteiger partial charge < -0.3 is 5.73 Å². The number of aromatic nitrogens is 1. The number of nitrogen functional groups attached to an aromatic ring is 1. The van der Waals surface area contributed by atoms with Crippen LogP contribution in [0.3, 0.4) is 0 Å². The van der Waals surface area contributed by atoms with Crippen LogP contribution in [0.1, 0.15) is 0 Å². The van der Waals surface area contributed by atoms with Gasteiger partial charge in [-0.25, -0.2) is 0 Å². The minimum atomic E-state index is 0.537. The van der Waals surface area contributed by atoms with Crippen LogP contribution in [0.15, 0.2) is 36.5 Å². The van der Waals surface area contributed by atoms with E-state index in [-0.39, 0.29) is 0 Å². The molecule has 0 fully saturated rings. The van der Waals surface area contributed by atoms with Crippen molar-refractivity contribution in [3.05, 3.63) is 47.6 Å². The van der Waals surface area contributed by atoms with Crippen molar-refractivity contribution < 1.29 is 0 Å². The van der Waals surface area contributed by atoms with Crippen LogP contribution in [0.4, 0.5) is 5.69 Å². The highest BCUT2D eigenvalue weighted by Gasteiger charge is 2.03. The summed E-state index contributed by atoms with van der Waals surface area (Å²) < 4.78 is 0. The number of hydrogen-bond donors (Lipinski definition) is 1. The fourth-order valence-corrected chi connectivity index (χ4v) is 1.43. The number of hydrogen-bond acceptors (Lipinski definition) is 2. The predicted molar refractivity (Wildman–Crippen MR) is 57.9 cm³/mol. The zero-order chi connectivity index (χ0) is 9.97. The van der Waals surface area contributed by atoms with Gasteiger partial charge in [-0.05, 0) is 18.2 Å². The summed E-state index contributed by atoms with van der Waals surface area (Å²) in [5.41, 5.74) is 7.91. The lowest BCUT2D eigenvalue weighted by molar-refractivity contribution is 1.33. The van der Waals surface area contributed by atoms with Gasteiger partial charge in [0, 0.05) is 22.8 Å². The molecule has 2 N–H and O–H groups in total. The van der Waals surface area contributed by atoms with Crippen molar-refractivity contribution in [3.63, 3.8) is 0 Å². The summed E-state index contributed by atoms with van der Waals surface area (Å²) in [5.74, 6) is 0. The molecule has 3 heteroatoms. The van der Waals surface area contributed by atoms with Crippen LogP contribution in [0.5, 0.6) is 0 Å². The van der Waals surface area contributed by atoms with Crippen molar-refractivity contribution in [1.82, 2.24) is 4.98 Å². The summed E-state index contributed by atoms with van der Waals surface area (Å²) in [6.07, 6.45) is 1.66. The van der Waals surface area contributed by atoms with Gasteiger partial charge in [-0.15, -0.1) is 0 Å². The standard InChI is InChI=1S/C11H8ClN2/c12-9-4-1-3-8(7-9)11-10(13)5-2-6-14-11/h1-4,6-7H,13H2. The van der Waals surface area contributed by atoms with E-state index >= 15 is 0 Å². The molecule has 1 heterocycles. The predicted octanol–water partition coefficient (Wildman–Crippen LogP) is 2.78. The van der Waals surface area contributed by atoms with Gasteiger partial charge in [0.2, 0.25) is 0 Å². The zero-order valence-corrected chi connectivity index (χ0v) is 8.12. The molecule has 2 rings (SSSR count). The van der Waals surface area contributed by atoms with Gasteiger partial charge in [0.1, 0.15) is 0 Å². The van der Waals surface area contributed by atoms with Crippen LogP contribution >= 0.6 is 11.6 Å². The number of pyridine rings is 1. The van der Waals surface area contributed by atoms with E-state index in [1.807, 2.05) is 24.3 Å². The molecule has 0 bridgehead atoms. The van der Waals surface area contributed by atoms with Gasteiger partial charge in [-0.1, -0.05) is 23.7 Å². The summed E-state index contributed by atoms with van der Waals surface area (Å²) in [6, 6.07) is 12.0. The molecule has 0 aliphatic carbocycles. The molecule has 0 aliphatic rings. The number of benzene rings is 1. The first-order valence-electron chi connectivity index (χ1n) is 4.15. The molecule has 0 saturated heterocycles. The Morgan fingerprint density at radius 1 is 1.36 bits per heavy atom. The largest absolute Gasteiger partial charge is 0.396 e. The molecule has 69 valence electrons. The Labute approximate surface area is 87.4 Å². The molecular weight excluding hydrogens is 196 g/mol. The number of nitrogens with two attached hydrogens (primary N) is 1. The Kier molecular flexibility index (Phi) is 2.37. The summed E-state index contributed by atoms with van der Waals surface area (Å²) >= 11 is 5.87. The molecule has 0 atom stereocenters. The van der Waals surface area contributed by atoms with E-state index < -0.39 is 0 Å². The van der Waals surface area contributed by atoms with E-state index in [2.05, 4.69) is 11.1 Å². The second-order valence-electron chi connectivity index (χ2n) is 2.86. The second kappa shape index (κ2) is 3.68. The Hall–Kier alpha value is -1.54. The number of halogens is 1. The van der Waals surface area contributed by atoms with Gasteiger partial charge in [-0.2, -0.15) is 0 Å². The van der Waals surface area contributed by atoms with Gasteiger partial charge in [0.25, 0.3) is 0 Å². The maximum Gasteiger partial charge on any atom is 0.0938 e. The highest BCUT2D eigenvalue weighted by atomic mass is 35.5. The number of anilines is 1. The molecule has 2 nitrogen and oxygen atoms in total. The maximum atomic E-state index is 5.87. The van der Waals surface area contributed by atoms with Crippen LogP contribution < -0.4 is 5.73 Å². The van der Waals surface area contributed by atoms with Crippen LogP contribution in [0.2, 0.25) is 5.02 Å². The van der Waals surface area contributed by atoms with Gasteiger partial charge in [0.05, 0.1) is 11.4 Å². The van der Waals surface area contributed by atoms with Crippen molar-refractivity contribution in [2.75, 3.05) is 5.73 Å². The van der Waals surface area contributed by atoms with Crippen molar-refractivity contribution in [1.29, 1.82) is 0 Å². The topological polar surface area (TPSA) is 38.9 Å². The molecule has 0 spiro atoms. The molecule has 0 aliphatic heterocycles. The first-order chi connectivity index (χ1) is 6.77. The fraction of sp³-hybridized carbons (Fsp3) is 0. The molecule has 14 heavy (non-hydrogen) atoms. The fourth-order valence-electron chi connectivity index (χ4n) is 1.24. The molecule has 1 radical (unpaired) electrons. The third-order valence-corrected chi connectivity index (χ3v) is 2.11. The van der Waals surface area contributed by atoms with Gasteiger partial charge >= 0.3 is 0 Å². The summed E-state index contributed by atoms with van der Waals surface area (Å²) in [7, 11) is 0. The van der Waals surface area contributed by atoms with Crippen molar-refractivity contribution in [2.45, 2.75) is 0 Å². The lowest BCUT2D eigenvalue weighted by Gasteiger charge is -2.03. The summed E-state index contributed by atoms with van der Waals surface area (Å²) in [6.45, 7) is 0. The van der Waals surface area contributed by atoms with Crippen molar-refractivity contribution in [3.8, 4) is 11.3 Å². The van der Waals surface area contributed by atoms with Crippen molar-refractivity contribution >= 4 is 17.3 Å². The molecule has 0 saturated carbocycles. The zero-order valence-electron chi connectivity index (χ0n) is 7.37. The Morgan fingerprint density at radius 2 is 2.21 bits per heavy atom. The molecule has 1 aromatic heterocycles. The van der Waals surface area contributed by atoms with Crippen LogP contribution in [-0.2, 0) is 0 Å². The monoisotopic (exact) mass is 203 g/mol. The number of rotatable bonds is 1. The minimum Gasteiger partial charge on any atom is -0.396 e. The van der Waals surface area contributed by atoms with Crippen LogP contribution in [-0.4, -0.2) is 4.98 Å². The minimum absolute atomic E-state index is 0.537. The highest BCUT2D eigenvalue weighted by molar-refractivity contribution is 6.30. The van der Waals surface area contributed by atoms with Gasteiger partial charge in [-0.3, -0.25) is 4.98 Å². The third-order valence-electron chi connectivity index (χ3n) is 1.87.